The maximum absolute atomic E-state index is 6.73. The van der Waals surface area contributed by atoms with Crippen molar-refractivity contribution in [3.05, 3.63) is 211 Å². The van der Waals surface area contributed by atoms with E-state index in [0.29, 0.717) is 0 Å². The zero-order valence-corrected chi connectivity index (χ0v) is 30.4. The van der Waals surface area contributed by atoms with Crippen molar-refractivity contribution in [2.24, 2.45) is 4.99 Å². The van der Waals surface area contributed by atoms with Crippen LogP contribution in [0.1, 0.15) is 29.0 Å². The number of amidine groups is 1. The van der Waals surface area contributed by atoms with Gasteiger partial charge in [-0.1, -0.05) is 158 Å². The van der Waals surface area contributed by atoms with E-state index in [9.17, 15) is 0 Å². The number of hydrogen-bond donors (Lipinski definition) is 2. The van der Waals surface area contributed by atoms with Crippen LogP contribution in [0.4, 0.5) is 0 Å². The summed E-state index contributed by atoms with van der Waals surface area (Å²) in [5, 5.41) is 12.1. The summed E-state index contributed by atoms with van der Waals surface area (Å²) in [7, 11) is 0. The quantitative estimate of drug-likeness (QED) is 0.180. The molecule has 2 N–H and O–H groups in total. The number of nitrogens with zero attached hydrogens (tertiary/aromatic N) is 2. The lowest BCUT2D eigenvalue weighted by Crippen LogP contribution is -2.44. The number of furan rings is 1. The van der Waals surface area contributed by atoms with Crippen LogP contribution in [0.3, 0.4) is 0 Å². The molecule has 1 aliphatic rings. The van der Waals surface area contributed by atoms with Crippen LogP contribution in [-0.2, 0) is 0 Å². The van der Waals surface area contributed by atoms with Crippen molar-refractivity contribution in [3.8, 4) is 27.9 Å². The highest BCUT2D eigenvalue weighted by atomic mass is 16.3. The maximum atomic E-state index is 6.73. The van der Waals surface area contributed by atoms with Gasteiger partial charge in [0.05, 0.1) is 11.0 Å². The lowest BCUT2D eigenvalue weighted by Gasteiger charge is -2.32. The number of para-hydroxylation sites is 1. The Bertz CT molecular complexity index is 3080. The maximum Gasteiger partial charge on any atom is 0.143 e. The van der Waals surface area contributed by atoms with Gasteiger partial charge in [0, 0.05) is 38.4 Å². The molecule has 3 heterocycles. The number of aliphatic imine (C=N–C) groups is 1. The zero-order valence-electron chi connectivity index (χ0n) is 30.4. The Balaban J connectivity index is 1.12. The number of aromatic nitrogens is 1. The van der Waals surface area contributed by atoms with Crippen LogP contribution >= 0.6 is 0 Å². The molecule has 56 heavy (non-hydrogen) atoms. The SMILES string of the molecule is c1ccc(C2=NC(c3ccccc3)NC(c3ccc4c5ccccc5n(-c5cc(-c6ccccc6)c6oc7ccc(-c8ccccc8)cc7c6c5)c4c3)N2)cc1. The van der Waals surface area contributed by atoms with Gasteiger partial charge in [0.1, 0.15) is 29.3 Å². The number of hydrogen-bond acceptors (Lipinski definition) is 4. The third-order valence-electron chi connectivity index (χ3n) is 11.1. The van der Waals surface area contributed by atoms with E-state index in [-0.39, 0.29) is 12.3 Å². The van der Waals surface area contributed by atoms with E-state index in [1.807, 2.05) is 12.1 Å². The fourth-order valence-corrected chi connectivity index (χ4v) is 8.36. The molecule has 5 heteroatoms. The van der Waals surface area contributed by atoms with Gasteiger partial charge in [-0.2, -0.15) is 0 Å². The highest BCUT2D eigenvalue weighted by molar-refractivity contribution is 6.13. The van der Waals surface area contributed by atoms with Crippen molar-refractivity contribution in [1.82, 2.24) is 15.2 Å². The first-order valence-corrected chi connectivity index (χ1v) is 19.1. The normalized spacial score (nSPS) is 15.7. The number of benzene rings is 8. The van der Waals surface area contributed by atoms with Crippen molar-refractivity contribution in [1.29, 1.82) is 0 Å². The third-order valence-corrected chi connectivity index (χ3v) is 11.1. The Labute approximate surface area is 324 Å². The van der Waals surface area contributed by atoms with Gasteiger partial charge in [-0.15, -0.1) is 0 Å². The topological polar surface area (TPSA) is 54.5 Å². The summed E-state index contributed by atoms with van der Waals surface area (Å²) >= 11 is 0. The minimum atomic E-state index is -0.217. The molecule has 5 nitrogen and oxygen atoms in total. The highest BCUT2D eigenvalue weighted by Crippen LogP contribution is 2.42. The van der Waals surface area contributed by atoms with E-state index in [4.69, 9.17) is 9.41 Å². The molecule has 2 atom stereocenters. The van der Waals surface area contributed by atoms with Crippen LogP contribution in [-0.4, -0.2) is 10.4 Å². The monoisotopic (exact) mass is 720 g/mol. The lowest BCUT2D eigenvalue weighted by atomic mass is 9.99. The molecule has 10 aromatic rings. The van der Waals surface area contributed by atoms with Gasteiger partial charge in [0.2, 0.25) is 0 Å². The van der Waals surface area contributed by atoms with Crippen LogP contribution in [0, 0.1) is 0 Å². The molecule has 2 aromatic heterocycles. The molecular formula is C51H36N4O. The van der Waals surface area contributed by atoms with Gasteiger partial charge in [0.15, 0.2) is 0 Å². The van der Waals surface area contributed by atoms with E-state index >= 15 is 0 Å². The smallest absolute Gasteiger partial charge is 0.143 e. The van der Waals surface area contributed by atoms with Crippen molar-refractivity contribution in [2.75, 3.05) is 0 Å². The van der Waals surface area contributed by atoms with Crippen molar-refractivity contribution in [3.63, 3.8) is 0 Å². The Morgan fingerprint density at radius 3 is 1.89 bits per heavy atom. The van der Waals surface area contributed by atoms with E-state index in [2.05, 4.69) is 197 Å². The molecule has 0 amide bonds. The first-order valence-electron chi connectivity index (χ1n) is 19.1. The molecule has 0 saturated heterocycles. The van der Waals surface area contributed by atoms with Gasteiger partial charge in [-0.05, 0) is 64.2 Å². The minimum Gasteiger partial charge on any atom is -0.455 e. The van der Waals surface area contributed by atoms with E-state index < -0.39 is 0 Å². The third kappa shape index (κ3) is 5.48. The van der Waals surface area contributed by atoms with Crippen LogP contribution < -0.4 is 10.6 Å². The molecule has 0 radical (unpaired) electrons. The van der Waals surface area contributed by atoms with Gasteiger partial charge in [-0.25, -0.2) is 4.99 Å². The minimum absolute atomic E-state index is 0.194. The fourth-order valence-electron chi connectivity index (χ4n) is 8.36. The molecule has 266 valence electrons. The summed E-state index contributed by atoms with van der Waals surface area (Å²) in [6.07, 6.45) is -0.412. The second-order valence-corrected chi connectivity index (χ2v) is 14.4. The summed E-state index contributed by atoms with van der Waals surface area (Å²) in [4.78, 5) is 5.15. The van der Waals surface area contributed by atoms with Crippen molar-refractivity contribution >= 4 is 49.6 Å². The van der Waals surface area contributed by atoms with Crippen LogP contribution in [0.2, 0.25) is 0 Å². The summed E-state index contributed by atoms with van der Waals surface area (Å²) in [5.41, 5.74) is 12.9. The Morgan fingerprint density at radius 1 is 0.464 bits per heavy atom. The van der Waals surface area contributed by atoms with Crippen LogP contribution in [0.15, 0.2) is 204 Å². The average molecular weight is 721 g/mol. The predicted octanol–water partition coefficient (Wildman–Crippen LogP) is 12.4. The van der Waals surface area contributed by atoms with E-state index in [1.165, 1.54) is 16.3 Å². The van der Waals surface area contributed by atoms with E-state index in [1.54, 1.807) is 0 Å². The molecule has 8 aromatic carbocycles. The Morgan fingerprint density at radius 2 is 1.12 bits per heavy atom. The number of nitrogens with one attached hydrogen (secondary N) is 2. The number of fused-ring (bicyclic) bond motifs is 6. The highest BCUT2D eigenvalue weighted by Gasteiger charge is 2.27. The molecule has 0 spiro atoms. The zero-order chi connectivity index (χ0) is 37.0. The van der Waals surface area contributed by atoms with Crippen LogP contribution in [0.25, 0.3) is 71.7 Å². The summed E-state index contributed by atoms with van der Waals surface area (Å²) in [6, 6.07) is 68.7. The Kier molecular flexibility index (Phi) is 7.64. The predicted molar refractivity (Wildman–Crippen MR) is 230 cm³/mol. The summed E-state index contributed by atoms with van der Waals surface area (Å²) in [5.74, 6) is 0.864. The van der Waals surface area contributed by atoms with Gasteiger partial charge in [0.25, 0.3) is 0 Å². The van der Waals surface area contributed by atoms with Gasteiger partial charge < -0.3 is 14.3 Å². The molecule has 0 aliphatic carbocycles. The van der Waals surface area contributed by atoms with Crippen LogP contribution in [0.5, 0.6) is 0 Å². The largest absolute Gasteiger partial charge is 0.455 e. The van der Waals surface area contributed by atoms with Gasteiger partial charge in [-0.3, -0.25) is 5.32 Å². The van der Waals surface area contributed by atoms with E-state index in [0.717, 1.165) is 77.9 Å². The molecule has 0 bridgehead atoms. The molecule has 2 unspecified atom stereocenters. The van der Waals surface area contributed by atoms with Crippen molar-refractivity contribution < 1.29 is 4.42 Å². The molecule has 11 rings (SSSR count). The second kappa shape index (κ2) is 13.3. The summed E-state index contributed by atoms with van der Waals surface area (Å²) in [6.45, 7) is 0. The fraction of sp³-hybridized carbons (Fsp3) is 0.0392. The molecule has 1 aliphatic heterocycles. The average Bonchev–Trinajstić information content (AvgIpc) is 3.82. The number of rotatable bonds is 6. The molecule has 0 fully saturated rings. The molecular weight excluding hydrogens is 685 g/mol. The van der Waals surface area contributed by atoms with Crippen molar-refractivity contribution in [2.45, 2.75) is 12.3 Å². The second-order valence-electron chi connectivity index (χ2n) is 14.4. The first kappa shape index (κ1) is 32.2. The lowest BCUT2D eigenvalue weighted by molar-refractivity contribution is 0.409. The first-order chi connectivity index (χ1) is 27.7. The summed E-state index contributed by atoms with van der Waals surface area (Å²) < 4.78 is 9.15. The van der Waals surface area contributed by atoms with Gasteiger partial charge >= 0.3 is 0 Å². The Hall–Kier alpha value is -7.21. The standard InChI is InChI=1S/C51H36N4O/c1-5-15-33(16-6-1)37-26-28-47-43(29-37)44-32-39(31-42(48(44)56-47)34-17-7-2-8-18-34)55-45-24-14-13-23-40(45)41-27-25-38(30-46(41)55)51-53-49(35-19-9-3-10-20-35)52-50(54-51)36-21-11-4-12-22-36/h1-32,49,51,53H,(H,52,54). The molecule has 0 saturated carbocycles.